The molecule has 4 heavy (non-hydrogen) atoms. The van der Waals surface area contributed by atoms with Crippen molar-refractivity contribution in [3.63, 3.8) is 0 Å². The van der Waals surface area contributed by atoms with Crippen LogP contribution in [0.1, 0.15) is 0 Å². The first-order valence-electron chi connectivity index (χ1n) is 0. The molecule has 0 aliphatic heterocycles. The third-order valence-corrected chi connectivity index (χ3v) is 0. The fourth-order valence-corrected chi connectivity index (χ4v) is 0. The SMILES string of the molecule is P.[Fe].[Ti].[V]. The van der Waals surface area contributed by atoms with Gasteiger partial charge in [0.15, 0.2) is 0 Å². The van der Waals surface area contributed by atoms with Crippen LogP contribution in [-0.2, 0) is 57.3 Å². The predicted molar refractivity (Wildman–Crippen MR) is 11.1 cm³/mol. The molecule has 0 amide bonds. The van der Waals surface area contributed by atoms with Gasteiger partial charge in [-0.1, -0.05) is 0 Å². The van der Waals surface area contributed by atoms with E-state index < -0.39 is 0 Å². The van der Waals surface area contributed by atoms with E-state index in [0.29, 0.717) is 0 Å². The monoisotopic (exact) mass is 189 g/mol. The van der Waals surface area contributed by atoms with Crippen LogP contribution in [0.3, 0.4) is 0 Å². The normalized spacial score (nSPS) is 0. The molecule has 1 atom stereocenters. The Labute approximate surface area is 66.7 Å². The average Bonchev–Trinajstić information content (AvgIpc) is 0. The Hall–Kier alpha value is 2.25. The molecule has 0 saturated carbocycles. The molecule has 0 aliphatic carbocycles. The van der Waals surface area contributed by atoms with Crippen molar-refractivity contribution in [3.8, 4) is 0 Å². The Morgan fingerprint density at radius 2 is 1.00 bits per heavy atom. The Morgan fingerprint density at radius 3 is 1.00 bits per heavy atom. The van der Waals surface area contributed by atoms with Gasteiger partial charge in [-0.2, -0.15) is 9.90 Å². The summed E-state index contributed by atoms with van der Waals surface area (Å²) in [6.45, 7) is 0. The topological polar surface area (TPSA) is 0 Å². The zero-order valence-corrected chi connectivity index (χ0v) is 7.48. The van der Waals surface area contributed by atoms with E-state index in [9.17, 15) is 0 Å². The first kappa shape index (κ1) is 34.0. The van der Waals surface area contributed by atoms with E-state index >= 15 is 0 Å². The molecule has 4 heteroatoms. The van der Waals surface area contributed by atoms with Crippen molar-refractivity contribution in [2.75, 3.05) is 0 Å². The summed E-state index contributed by atoms with van der Waals surface area (Å²) in [5, 5.41) is 0. The number of hydrogen-bond donors (Lipinski definition) is 0. The summed E-state index contributed by atoms with van der Waals surface area (Å²) in [5.74, 6) is 0. The summed E-state index contributed by atoms with van der Waals surface area (Å²) in [6, 6.07) is 0. The maximum Gasteiger partial charge on any atom is 0 e. The molecule has 0 rings (SSSR count). The standard InChI is InChI=1S/Fe.H3P.Ti.V/h;1H3;;. The summed E-state index contributed by atoms with van der Waals surface area (Å²) in [5.41, 5.74) is 0. The van der Waals surface area contributed by atoms with Crippen LogP contribution in [0.15, 0.2) is 0 Å². The van der Waals surface area contributed by atoms with Gasteiger partial charge in [-0.15, -0.1) is 0 Å². The second kappa shape index (κ2) is 18.7. The molecule has 0 aliphatic rings. The van der Waals surface area contributed by atoms with Crippen LogP contribution >= 0.6 is 9.90 Å². The van der Waals surface area contributed by atoms with E-state index in [-0.39, 0.29) is 67.2 Å². The van der Waals surface area contributed by atoms with Crippen molar-refractivity contribution < 1.29 is 57.3 Å². The van der Waals surface area contributed by atoms with Gasteiger partial charge in [-0.25, -0.2) is 0 Å². The van der Waals surface area contributed by atoms with Crippen LogP contribution in [0.4, 0.5) is 0 Å². The molecule has 0 aromatic rings. The van der Waals surface area contributed by atoms with Gasteiger partial charge in [-0.05, 0) is 0 Å². The van der Waals surface area contributed by atoms with Gasteiger partial charge in [0, 0.05) is 57.3 Å². The fraction of sp³-hybridized carbons (Fsp3) is 0. The Bertz CT molecular complexity index is 8.00. The van der Waals surface area contributed by atoms with Crippen molar-refractivity contribution in [1.29, 1.82) is 0 Å². The van der Waals surface area contributed by atoms with Crippen molar-refractivity contribution in [2.24, 2.45) is 0 Å². The van der Waals surface area contributed by atoms with E-state index in [1.54, 1.807) is 0 Å². The molecule has 0 fully saturated rings. The van der Waals surface area contributed by atoms with Crippen molar-refractivity contribution in [1.82, 2.24) is 0 Å². The molecule has 0 aromatic heterocycles. The minimum Gasteiger partial charge on any atom is -0.153 e. The van der Waals surface area contributed by atoms with Crippen LogP contribution in [0, 0.1) is 0 Å². The molecule has 0 bridgehead atoms. The van der Waals surface area contributed by atoms with Gasteiger partial charge in [-0.3, -0.25) is 0 Å². The molecule has 1 unspecified atom stereocenters. The molecule has 25 valence electrons. The summed E-state index contributed by atoms with van der Waals surface area (Å²) >= 11 is 0. The third kappa shape index (κ3) is 8.87. The van der Waals surface area contributed by atoms with Crippen LogP contribution in [0.25, 0.3) is 0 Å². The van der Waals surface area contributed by atoms with Crippen LogP contribution in [-0.4, -0.2) is 0 Å². The van der Waals surface area contributed by atoms with Crippen molar-refractivity contribution in [2.45, 2.75) is 0 Å². The third-order valence-electron chi connectivity index (χ3n) is 0. The second-order valence-corrected chi connectivity index (χ2v) is 0. The minimum atomic E-state index is 0. The van der Waals surface area contributed by atoms with Gasteiger partial charge < -0.3 is 0 Å². The van der Waals surface area contributed by atoms with Crippen LogP contribution in [0.2, 0.25) is 0 Å². The first-order chi connectivity index (χ1) is 0. The van der Waals surface area contributed by atoms with E-state index in [4.69, 9.17) is 0 Å². The average molecular weight is 189 g/mol. The van der Waals surface area contributed by atoms with Crippen molar-refractivity contribution >= 4 is 9.90 Å². The molecule has 0 saturated heterocycles. The Kier molecular flexibility index (Phi) is 160. The first-order valence-corrected chi connectivity index (χ1v) is 0. The summed E-state index contributed by atoms with van der Waals surface area (Å²) in [6.07, 6.45) is 0. The Morgan fingerprint density at radius 1 is 1.00 bits per heavy atom. The van der Waals surface area contributed by atoms with E-state index in [0.717, 1.165) is 0 Å². The zero-order valence-electron chi connectivity index (χ0n) is 2.01. The summed E-state index contributed by atoms with van der Waals surface area (Å²) < 4.78 is 0. The molecule has 0 nitrogen and oxygen atoms in total. The van der Waals surface area contributed by atoms with Crippen LogP contribution < -0.4 is 0 Å². The molecule has 0 N–H and O–H groups in total. The van der Waals surface area contributed by atoms with Gasteiger partial charge in [0.25, 0.3) is 0 Å². The largest absolute Gasteiger partial charge is 0.153 e. The maximum absolute atomic E-state index is 0. The van der Waals surface area contributed by atoms with Gasteiger partial charge in [0.1, 0.15) is 0 Å². The molecule has 0 heterocycles. The Balaban J connectivity index is 0. The van der Waals surface area contributed by atoms with Gasteiger partial charge in [0.05, 0.1) is 0 Å². The number of hydrogen-bond acceptors (Lipinski definition) is 0. The summed E-state index contributed by atoms with van der Waals surface area (Å²) in [7, 11) is 0. The fourth-order valence-electron chi connectivity index (χ4n) is 0. The maximum atomic E-state index is 0. The smallest absolute Gasteiger partial charge is 0 e. The predicted octanol–water partition coefficient (Wildman–Crippen LogP) is 0.0506. The van der Waals surface area contributed by atoms with Crippen LogP contribution in [0.5, 0.6) is 0 Å². The zero-order chi connectivity index (χ0) is 0. The molecular weight excluding hydrogens is 186 g/mol. The van der Waals surface area contributed by atoms with Gasteiger partial charge >= 0.3 is 0 Å². The van der Waals surface area contributed by atoms with Crippen molar-refractivity contribution in [3.05, 3.63) is 0 Å². The molecule has 1 radical (unpaired) electrons. The molecule has 0 aromatic carbocycles. The minimum absolute atomic E-state index is 0. The number of rotatable bonds is 0. The van der Waals surface area contributed by atoms with Gasteiger partial charge in [0.2, 0.25) is 0 Å². The summed E-state index contributed by atoms with van der Waals surface area (Å²) in [4.78, 5) is 0. The van der Waals surface area contributed by atoms with E-state index in [1.807, 2.05) is 0 Å². The van der Waals surface area contributed by atoms with E-state index in [1.165, 1.54) is 0 Å². The molecular formula is H3FePTiV. The quantitative estimate of drug-likeness (QED) is 0.372. The van der Waals surface area contributed by atoms with E-state index in [2.05, 4.69) is 0 Å². The molecule has 0 spiro atoms. The second-order valence-electron chi connectivity index (χ2n) is 0.